The summed E-state index contributed by atoms with van der Waals surface area (Å²) in [7, 11) is 7.72. The zero-order chi connectivity index (χ0) is 20.0. The molecule has 0 radical (unpaired) electrons. The molecule has 1 aromatic rings. The van der Waals surface area contributed by atoms with E-state index in [0.29, 0.717) is 6.04 Å². The van der Waals surface area contributed by atoms with Crippen molar-refractivity contribution in [1.29, 1.82) is 0 Å². The van der Waals surface area contributed by atoms with E-state index in [2.05, 4.69) is 53.4 Å². The number of hydrogen-bond acceptors (Lipinski definition) is 4. The summed E-state index contributed by atoms with van der Waals surface area (Å²) in [5.74, 6) is 1.71. The molecule has 1 aliphatic rings. The van der Waals surface area contributed by atoms with Crippen LogP contribution in [0.15, 0.2) is 23.2 Å². The van der Waals surface area contributed by atoms with Crippen molar-refractivity contribution in [3.05, 3.63) is 23.2 Å². The molecule has 0 aliphatic carbocycles. The second-order valence-corrected chi connectivity index (χ2v) is 8.66. The van der Waals surface area contributed by atoms with Gasteiger partial charge < -0.3 is 25.2 Å². The summed E-state index contributed by atoms with van der Waals surface area (Å²) >= 11 is 6.18. The Morgan fingerprint density at radius 3 is 2.78 bits per heavy atom. The van der Waals surface area contributed by atoms with Crippen molar-refractivity contribution in [2.24, 2.45) is 10.4 Å². The largest absolute Gasteiger partial charge is 0.495 e. The van der Waals surface area contributed by atoms with Crippen molar-refractivity contribution < 1.29 is 4.74 Å². The van der Waals surface area contributed by atoms with E-state index < -0.39 is 0 Å². The highest BCUT2D eigenvalue weighted by Crippen LogP contribution is 2.33. The molecule has 152 valence electrons. The van der Waals surface area contributed by atoms with Crippen molar-refractivity contribution in [1.82, 2.24) is 15.5 Å². The Labute approximate surface area is 168 Å². The minimum Gasteiger partial charge on any atom is -0.495 e. The maximum Gasteiger partial charge on any atom is 0.191 e. The van der Waals surface area contributed by atoms with Gasteiger partial charge in [-0.05, 0) is 44.1 Å². The number of hydrogen-bond donors (Lipinski definition) is 2. The summed E-state index contributed by atoms with van der Waals surface area (Å²) in [6, 6.07) is 6.08. The number of nitrogens with one attached hydrogen (secondary N) is 2. The summed E-state index contributed by atoms with van der Waals surface area (Å²) in [4.78, 5) is 8.92. The first-order valence-electron chi connectivity index (χ1n) is 9.44. The fraction of sp³-hybridized carbons (Fsp3) is 0.650. The van der Waals surface area contributed by atoms with E-state index in [9.17, 15) is 0 Å². The van der Waals surface area contributed by atoms with Gasteiger partial charge in [0.25, 0.3) is 0 Å². The highest BCUT2D eigenvalue weighted by molar-refractivity contribution is 6.30. The average molecular weight is 396 g/mol. The van der Waals surface area contributed by atoms with Gasteiger partial charge in [0.2, 0.25) is 0 Å². The lowest BCUT2D eigenvalue weighted by Crippen LogP contribution is -2.48. The molecule has 0 bridgehead atoms. The molecule has 6 nitrogen and oxygen atoms in total. The molecular formula is C20H34ClN5O. The topological polar surface area (TPSA) is 52.1 Å². The van der Waals surface area contributed by atoms with Crippen molar-refractivity contribution >= 4 is 23.2 Å². The van der Waals surface area contributed by atoms with E-state index in [1.54, 1.807) is 7.11 Å². The maximum atomic E-state index is 6.18. The lowest BCUT2D eigenvalue weighted by atomic mass is 9.93. The molecule has 7 heteroatoms. The molecule has 2 N–H and O–H groups in total. The Balaban J connectivity index is 1.92. The molecule has 0 spiro atoms. The number of guanidine groups is 1. The Morgan fingerprint density at radius 2 is 2.15 bits per heavy atom. The van der Waals surface area contributed by atoms with Gasteiger partial charge in [-0.1, -0.05) is 25.4 Å². The van der Waals surface area contributed by atoms with Gasteiger partial charge in [0, 0.05) is 44.3 Å². The molecule has 1 atom stereocenters. The summed E-state index contributed by atoms with van der Waals surface area (Å²) in [6.45, 7) is 8.24. The van der Waals surface area contributed by atoms with Crippen LogP contribution in [0.1, 0.15) is 20.3 Å². The molecule has 0 aromatic heterocycles. The fourth-order valence-corrected chi connectivity index (χ4v) is 3.80. The maximum absolute atomic E-state index is 6.18. The molecule has 1 unspecified atom stereocenters. The third-order valence-corrected chi connectivity index (χ3v) is 4.95. The Morgan fingerprint density at radius 1 is 1.41 bits per heavy atom. The number of nitrogens with zero attached hydrogens (tertiary/aromatic N) is 3. The van der Waals surface area contributed by atoms with Crippen LogP contribution in [0.3, 0.4) is 0 Å². The van der Waals surface area contributed by atoms with Crippen LogP contribution in [0, 0.1) is 5.41 Å². The molecule has 0 saturated carbocycles. The minimum absolute atomic E-state index is 0.164. The number of methoxy groups -OCH3 is 1. The molecule has 27 heavy (non-hydrogen) atoms. The van der Waals surface area contributed by atoms with Gasteiger partial charge in [-0.15, -0.1) is 0 Å². The number of benzene rings is 1. The van der Waals surface area contributed by atoms with Crippen LogP contribution in [0.5, 0.6) is 5.75 Å². The molecule has 1 saturated heterocycles. The van der Waals surface area contributed by atoms with Crippen LogP contribution in [-0.4, -0.2) is 71.3 Å². The van der Waals surface area contributed by atoms with Crippen LogP contribution in [-0.2, 0) is 0 Å². The number of halogens is 1. The number of anilines is 1. The fourth-order valence-electron chi connectivity index (χ4n) is 3.63. The van der Waals surface area contributed by atoms with Gasteiger partial charge in [-0.2, -0.15) is 0 Å². The van der Waals surface area contributed by atoms with Crippen LogP contribution in [0.2, 0.25) is 5.02 Å². The van der Waals surface area contributed by atoms with Crippen molar-refractivity contribution in [3.63, 3.8) is 0 Å². The third kappa shape index (κ3) is 6.47. The van der Waals surface area contributed by atoms with E-state index >= 15 is 0 Å². The van der Waals surface area contributed by atoms with E-state index in [4.69, 9.17) is 16.3 Å². The summed E-state index contributed by atoms with van der Waals surface area (Å²) in [5, 5.41) is 7.75. The van der Waals surface area contributed by atoms with Gasteiger partial charge in [0.05, 0.1) is 12.8 Å². The smallest absolute Gasteiger partial charge is 0.191 e. The Bertz CT molecular complexity index is 647. The Hall–Kier alpha value is -1.66. The predicted octanol–water partition coefficient (Wildman–Crippen LogP) is 2.68. The summed E-state index contributed by atoms with van der Waals surface area (Å²) < 4.78 is 5.50. The highest BCUT2D eigenvalue weighted by Gasteiger charge is 2.26. The molecule has 1 fully saturated rings. The van der Waals surface area contributed by atoms with Gasteiger partial charge in [-0.3, -0.25) is 4.99 Å². The van der Waals surface area contributed by atoms with Gasteiger partial charge >= 0.3 is 0 Å². The quantitative estimate of drug-likeness (QED) is 0.549. The second-order valence-electron chi connectivity index (χ2n) is 8.22. The van der Waals surface area contributed by atoms with Crippen LogP contribution in [0.4, 0.5) is 5.69 Å². The molecule has 0 amide bonds. The van der Waals surface area contributed by atoms with Crippen LogP contribution < -0.4 is 20.3 Å². The molecule has 2 rings (SSSR count). The van der Waals surface area contributed by atoms with Crippen LogP contribution >= 0.6 is 11.6 Å². The number of ether oxygens (including phenoxy) is 1. The first-order chi connectivity index (χ1) is 12.7. The summed E-state index contributed by atoms with van der Waals surface area (Å²) in [6.07, 6.45) is 1.04. The van der Waals surface area contributed by atoms with Crippen molar-refractivity contribution in [2.75, 3.05) is 59.3 Å². The monoisotopic (exact) mass is 395 g/mol. The lowest BCUT2D eigenvalue weighted by Gasteiger charge is -2.29. The molecule has 1 heterocycles. The SMILES string of the molecule is CN=C(NCC(C)(C)CN(C)C)NC1CCN(c2cc(Cl)ccc2OC)C1. The Kier molecular flexibility index (Phi) is 7.62. The molecule has 1 aromatic carbocycles. The van der Waals surface area contributed by atoms with E-state index in [1.165, 1.54) is 0 Å². The second kappa shape index (κ2) is 9.51. The van der Waals surface area contributed by atoms with Gasteiger partial charge in [0.15, 0.2) is 5.96 Å². The van der Waals surface area contributed by atoms with E-state index in [0.717, 1.165) is 55.0 Å². The highest BCUT2D eigenvalue weighted by atomic mass is 35.5. The standard InChI is InChI=1S/C20H34ClN5O/c1-20(2,14-25(4)5)13-23-19(22-3)24-16-9-10-26(12-16)17-11-15(21)7-8-18(17)27-6/h7-8,11,16H,9-10,12-14H2,1-6H3,(H2,22,23,24). The lowest BCUT2D eigenvalue weighted by molar-refractivity contribution is 0.241. The van der Waals surface area contributed by atoms with Crippen LogP contribution in [0.25, 0.3) is 0 Å². The zero-order valence-electron chi connectivity index (χ0n) is 17.5. The first-order valence-corrected chi connectivity index (χ1v) is 9.82. The molecule has 1 aliphatic heterocycles. The number of aliphatic imine (C=N–C) groups is 1. The van der Waals surface area contributed by atoms with Gasteiger partial charge in [-0.25, -0.2) is 0 Å². The zero-order valence-corrected chi connectivity index (χ0v) is 18.2. The first kappa shape index (κ1) is 21.6. The van der Waals surface area contributed by atoms with E-state index in [-0.39, 0.29) is 5.41 Å². The van der Waals surface area contributed by atoms with Crippen molar-refractivity contribution in [2.45, 2.75) is 26.3 Å². The van der Waals surface area contributed by atoms with Gasteiger partial charge in [0.1, 0.15) is 5.75 Å². The molecular weight excluding hydrogens is 362 g/mol. The predicted molar refractivity (Wildman–Crippen MR) is 115 cm³/mol. The normalized spacial score (nSPS) is 18.1. The third-order valence-electron chi connectivity index (χ3n) is 4.71. The minimum atomic E-state index is 0.164. The summed E-state index contributed by atoms with van der Waals surface area (Å²) in [5.41, 5.74) is 1.21. The van der Waals surface area contributed by atoms with E-state index in [1.807, 2.05) is 25.2 Å². The average Bonchev–Trinajstić information content (AvgIpc) is 3.05. The van der Waals surface area contributed by atoms with Crippen molar-refractivity contribution in [3.8, 4) is 5.75 Å². The number of rotatable bonds is 7.